The molecule has 0 aliphatic carbocycles. The number of carbonyl (C=O) groups excluding carboxylic acids is 1. The summed E-state index contributed by atoms with van der Waals surface area (Å²) in [5.74, 6) is 0.345. The van der Waals surface area contributed by atoms with Crippen LogP contribution in [0.1, 0.15) is 37.5 Å². The Bertz CT molecular complexity index is 1150. The Morgan fingerprint density at radius 2 is 1.84 bits per heavy atom. The van der Waals surface area contributed by atoms with Gasteiger partial charge in [-0.3, -0.25) is 9.79 Å². The van der Waals surface area contributed by atoms with Crippen molar-refractivity contribution >= 4 is 33.6 Å². The van der Waals surface area contributed by atoms with Crippen LogP contribution in [0.15, 0.2) is 59.6 Å². The lowest BCUT2D eigenvalue weighted by Gasteiger charge is -2.24. The van der Waals surface area contributed by atoms with Gasteiger partial charge in [0.2, 0.25) is 4.87 Å². The summed E-state index contributed by atoms with van der Waals surface area (Å²) in [7, 11) is -3.58. The number of amides is 1. The summed E-state index contributed by atoms with van der Waals surface area (Å²) in [6.07, 6.45) is 5.67. The number of halogens is 1. The normalized spacial score (nSPS) is 18.0. The van der Waals surface area contributed by atoms with Crippen molar-refractivity contribution < 1.29 is 17.9 Å². The SMILES string of the molecule is CC(C)(C)c1ccc(OCC(=O)NCc2ccc(C3(S(C)(=O)=O)C=CC=N3)c(Cl)c2)cc1. The zero-order valence-electron chi connectivity index (χ0n) is 18.6. The first-order chi connectivity index (χ1) is 14.9. The molecule has 1 amide bonds. The molecule has 0 saturated carbocycles. The van der Waals surface area contributed by atoms with E-state index in [0.717, 1.165) is 11.8 Å². The maximum atomic E-state index is 12.4. The Hall–Kier alpha value is -2.64. The Balaban J connectivity index is 1.59. The number of rotatable bonds is 7. The summed E-state index contributed by atoms with van der Waals surface area (Å²) in [6, 6.07) is 12.7. The molecule has 0 saturated heterocycles. The van der Waals surface area contributed by atoms with Gasteiger partial charge in [0.15, 0.2) is 16.4 Å². The van der Waals surface area contributed by atoms with Crippen molar-refractivity contribution in [2.45, 2.75) is 37.6 Å². The minimum atomic E-state index is -3.58. The third-order valence-electron chi connectivity index (χ3n) is 5.24. The van der Waals surface area contributed by atoms with E-state index in [1.165, 1.54) is 17.9 Å². The number of ether oxygens (including phenoxy) is 1. The molecule has 170 valence electrons. The molecule has 0 spiro atoms. The summed E-state index contributed by atoms with van der Waals surface area (Å²) in [6.45, 7) is 6.52. The molecule has 8 heteroatoms. The van der Waals surface area contributed by atoms with E-state index in [1.807, 2.05) is 24.3 Å². The number of allylic oxidation sites excluding steroid dienone is 1. The highest BCUT2D eigenvalue weighted by Crippen LogP contribution is 2.39. The minimum absolute atomic E-state index is 0.0497. The zero-order valence-corrected chi connectivity index (χ0v) is 20.1. The minimum Gasteiger partial charge on any atom is -0.484 e. The first-order valence-corrected chi connectivity index (χ1v) is 12.4. The molecule has 0 aromatic heterocycles. The molecule has 1 aliphatic rings. The fourth-order valence-corrected chi connectivity index (χ4v) is 4.92. The quantitative estimate of drug-likeness (QED) is 0.652. The highest BCUT2D eigenvalue weighted by Gasteiger charge is 2.42. The number of aliphatic imine (C=N–C) groups is 1. The lowest BCUT2D eigenvalue weighted by molar-refractivity contribution is -0.123. The van der Waals surface area contributed by atoms with E-state index >= 15 is 0 Å². The highest BCUT2D eigenvalue weighted by atomic mass is 35.5. The molecule has 1 atom stereocenters. The Morgan fingerprint density at radius 3 is 2.38 bits per heavy atom. The van der Waals surface area contributed by atoms with Gasteiger partial charge in [0.1, 0.15) is 5.75 Å². The fraction of sp³-hybridized carbons (Fsp3) is 0.333. The molecule has 0 fully saturated rings. The van der Waals surface area contributed by atoms with E-state index in [-0.39, 0.29) is 29.5 Å². The molecule has 6 nitrogen and oxygen atoms in total. The van der Waals surface area contributed by atoms with E-state index in [2.05, 4.69) is 31.1 Å². The van der Waals surface area contributed by atoms with Gasteiger partial charge in [-0.05, 0) is 46.9 Å². The number of sulfone groups is 1. The van der Waals surface area contributed by atoms with Gasteiger partial charge in [-0.25, -0.2) is 8.42 Å². The van der Waals surface area contributed by atoms with Gasteiger partial charge in [0.05, 0.1) is 0 Å². The molecule has 32 heavy (non-hydrogen) atoms. The fourth-order valence-electron chi connectivity index (χ4n) is 3.36. The largest absolute Gasteiger partial charge is 0.484 e. The first kappa shape index (κ1) is 24.0. The predicted octanol–water partition coefficient (Wildman–Crippen LogP) is 4.17. The van der Waals surface area contributed by atoms with Crippen LogP contribution in [-0.4, -0.2) is 33.4 Å². The average molecular weight is 475 g/mol. The first-order valence-electron chi connectivity index (χ1n) is 10.1. The second kappa shape index (κ2) is 9.08. The third kappa shape index (κ3) is 5.22. The van der Waals surface area contributed by atoms with Gasteiger partial charge < -0.3 is 10.1 Å². The Labute approximate surface area is 194 Å². The third-order valence-corrected chi connectivity index (χ3v) is 7.14. The van der Waals surface area contributed by atoms with Crippen LogP contribution >= 0.6 is 11.6 Å². The molecule has 1 unspecified atom stereocenters. The van der Waals surface area contributed by atoms with Crippen molar-refractivity contribution in [3.8, 4) is 5.75 Å². The number of nitrogens with zero attached hydrogens (tertiary/aromatic N) is 1. The molecule has 1 heterocycles. The summed E-state index contributed by atoms with van der Waals surface area (Å²) < 4.78 is 30.3. The van der Waals surface area contributed by atoms with Gasteiger partial charge in [-0.2, -0.15) is 0 Å². The molecular formula is C24H27ClN2O4S. The van der Waals surface area contributed by atoms with Crippen molar-refractivity contribution in [2.24, 2.45) is 4.99 Å². The van der Waals surface area contributed by atoms with Crippen LogP contribution in [0.4, 0.5) is 0 Å². The maximum Gasteiger partial charge on any atom is 0.258 e. The van der Waals surface area contributed by atoms with Crippen LogP contribution in [0.5, 0.6) is 5.75 Å². The van der Waals surface area contributed by atoms with Crippen molar-refractivity contribution in [3.05, 3.63) is 76.3 Å². The van der Waals surface area contributed by atoms with Crippen molar-refractivity contribution in [2.75, 3.05) is 12.9 Å². The number of benzene rings is 2. The van der Waals surface area contributed by atoms with Crippen LogP contribution in [0.2, 0.25) is 5.02 Å². The number of hydrogen-bond donors (Lipinski definition) is 1. The summed E-state index contributed by atoms with van der Waals surface area (Å²) >= 11 is 6.40. The van der Waals surface area contributed by atoms with Gasteiger partial charge in [-0.15, -0.1) is 0 Å². The van der Waals surface area contributed by atoms with E-state index < -0.39 is 14.7 Å². The van der Waals surface area contributed by atoms with Gasteiger partial charge >= 0.3 is 0 Å². The maximum absolute atomic E-state index is 12.4. The van der Waals surface area contributed by atoms with Gasteiger partial charge in [-0.1, -0.05) is 56.6 Å². The molecular weight excluding hydrogens is 448 g/mol. The highest BCUT2D eigenvalue weighted by molar-refractivity contribution is 7.91. The lowest BCUT2D eigenvalue weighted by Crippen LogP contribution is -2.30. The van der Waals surface area contributed by atoms with Crippen LogP contribution in [0.25, 0.3) is 0 Å². The van der Waals surface area contributed by atoms with Gasteiger partial charge in [0, 0.05) is 29.6 Å². The molecule has 0 radical (unpaired) electrons. The van der Waals surface area contributed by atoms with Crippen LogP contribution in [0, 0.1) is 0 Å². The monoisotopic (exact) mass is 474 g/mol. The average Bonchev–Trinajstić information content (AvgIpc) is 3.21. The van der Waals surface area contributed by atoms with Crippen molar-refractivity contribution in [1.29, 1.82) is 0 Å². The van der Waals surface area contributed by atoms with Crippen LogP contribution in [-0.2, 0) is 31.5 Å². The van der Waals surface area contributed by atoms with Crippen molar-refractivity contribution in [3.63, 3.8) is 0 Å². The second-order valence-electron chi connectivity index (χ2n) is 8.76. The van der Waals surface area contributed by atoms with E-state index in [4.69, 9.17) is 16.3 Å². The van der Waals surface area contributed by atoms with E-state index in [1.54, 1.807) is 24.3 Å². The molecule has 2 aromatic carbocycles. The number of carbonyl (C=O) groups is 1. The van der Waals surface area contributed by atoms with E-state index in [9.17, 15) is 13.2 Å². The van der Waals surface area contributed by atoms with Gasteiger partial charge in [0.25, 0.3) is 5.91 Å². The molecule has 1 aliphatic heterocycles. The predicted molar refractivity (Wildman–Crippen MR) is 128 cm³/mol. The topological polar surface area (TPSA) is 84.8 Å². The summed E-state index contributed by atoms with van der Waals surface area (Å²) in [5.41, 5.74) is 2.35. The zero-order chi connectivity index (χ0) is 23.6. The van der Waals surface area contributed by atoms with Crippen LogP contribution in [0.3, 0.4) is 0 Å². The summed E-state index contributed by atoms with van der Waals surface area (Å²) in [5, 5.41) is 3.04. The molecule has 1 N–H and O–H groups in total. The number of nitrogens with one attached hydrogen (secondary N) is 1. The Kier molecular flexibility index (Phi) is 6.81. The smallest absolute Gasteiger partial charge is 0.258 e. The molecule has 2 aromatic rings. The molecule has 3 rings (SSSR count). The summed E-state index contributed by atoms with van der Waals surface area (Å²) in [4.78, 5) is 14.8. The molecule has 0 bridgehead atoms. The van der Waals surface area contributed by atoms with E-state index in [0.29, 0.717) is 11.3 Å². The lowest BCUT2D eigenvalue weighted by atomic mass is 9.87. The standard InChI is InChI=1S/C24H27ClN2O4S/c1-23(2,3)18-7-9-19(10-8-18)31-16-22(28)26-15-17-6-11-20(21(25)14-17)24(32(4,29)30)12-5-13-27-24/h5-14H,15-16H2,1-4H3,(H,26,28). The van der Waals surface area contributed by atoms with Crippen molar-refractivity contribution in [1.82, 2.24) is 5.32 Å². The Morgan fingerprint density at radius 1 is 1.16 bits per heavy atom. The van der Waals surface area contributed by atoms with Crippen LogP contribution < -0.4 is 10.1 Å². The second-order valence-corrected chi connectivity index (χ2v) is 11.3. The number of hydrogen-bond acceptors (Lipinski definition) is 5.